The van der Waals surface area contributed by atoms with Crippen molar-refractivity contribution in [1.29, 1.82) is 0 Å². The number of hydrogen-bond donors (Lipinski definition) is 1. The van der Waals surface area contributed by atoms with Crippen molar-refractivity contribution in [1.82, 2.24) is 14.5 Å². The van der Waals surface area contributed by atoms with Crippen molar-refractivity contribution in [2.45, 2.75) is 22.1 Å². The number of benzene rings is 1. The van der Waals surface area contributed by atoms with Crippen LogP contribution in [0, 0.1) is 5.92 Å². The number of nitrogens with one attached hydrogen (secondary N) is 1. The Balaban J connectivity index is 1.64. The van der Waals surface area contributed by atoms with Crippen molar-refractivity contribution in [3.05, 3.63) is 43.0 Å². The second-order valence-corrected chi connectivity index (χ2v) is 10.2. The zero-order valence-corrected chi connectivity index (χ0v) is 17.0. The summed E-state index contributed by atoms with van der Waals surface area (Å²) in [4.78, 5) is 12.8. The minimum atomic E-state index is -3.59. The maximum Gasteiger partial charge on any atom is 0.243 e. The van der Waals surface area contributed by atoms with Crippen LogP contribution in [0.4, 0.5) is 5.13 Å². The van der Waals surface area contributed by atoms with E-state index in [1.807, 2.05) is 0 Å². The molecule has 0 unspecified atom stereocenters. The summed E-state index contributed by atoms with van der Waals surface area (Å²) in [5.41, 5.74) is 0. The summed E-state index contributed by atoms with van der Waals surface area (Å²) in [5.74, 6) is 0.0853. The predicted octanol–water partition coefficient (Wildman–Crippen LogP) is 2.86. The number of thioether (sulfide) groups is 1. The number of aromatic nitrogens is 2. The van der Waals surface area contributed by atoms with Crippen molar-refractivity contribution in [2.75, 3.05) is 24.2 Å². The number of carbonyl (C=O) groups is 1. The van der Waals surface area contributed by atoms with Crippen molar-refractivity contribution >= 4 is 44.2 Å². The Kier molecular flexibility index (Phi) is 6.64. The highest BCUT2D eigenvalue weighted by Crippen LogP contribution is 2.28. The van der Waals surface area contributed by atoms with Gasteiger partial charge in [-0.25, -0.2) is 8.42 Å². The summed E-state index contributed by atoms with van der Waals surface area (Å²) in [6.45, 7) is 4.24. The van der Waals surface area contributed by atoms with Crippen molar-refractivity contribution in [3.63, 3.8) is 0 Å². The van der Waals surface area contributed by atoms with Gasteiger partial charge < -0.3 is 5.32 Å². The Morgan fingerprint density at radius 1 is 1.37 bits per heavy atom. The largest absolute Gasteiger partial charge is 0.300 e. The van der Waals surface area contributed by atoms with E-state index in [1.165, 1.54) is 27.4 Å². The zero-order valence-electron chi connectivity index (χ0n) is 14.6. The fourth-order valence-corrected chi connectivity index (χ4v) is 5.83. The molecule has 0 bridgehead atoms. The first-order valence-corrected chi connectivity index (χ1v) is 11.7. The molecule has 0 aliphatic carbocycles. The van der Waals surface area contributed by atoms with Gasteiger partial charge in [0.15, 0.2) is 4.34 Å². The van der Waals surface area contributed by atoms with Crippen LogP contribution in [-0.4, -0.2) is 47.7 Å². The number of hydrogen-bond acceptors (Lipinski definition) is 7. The molecule has 1 aromatic carbocycles. The lowest BCUT2D eigenvalue weighted by molar-refractivity contribution is -0.120. The predicted molar refractivity (Wildman–Crippen MR) is 107 cm³/mol. The van der Waals surface area contributed by atoms with E-state index in [9.17, 15) is 13.2 Å². The Bertz CT molecular complexity index is 899. The summed E-state index contributed by atoms with van der Waals surface area (Å²) in [7, 11) is -3.59. The highest BCUT2D eigenvalue weighted by Gasteiger charge is 2.33. The molecule has 1 N–H and O–H groups in total. The molecule has 1 amide bonds. The van der Waals surface area contributed by atoms with Gasteiger partial charge in [-0.1, -0.05) is 47.4 Å². The standard InChI is InChI=1S/C17H20N4O3S3/c1-2-11-25-17-20-19-16(26-17)18-15(22)13-7-6-10-21(12-13)27(23,24)14-8-4-3-5-9-14/h2-5,8-9,13H,1,6-7,10-12H2,(H,18,19,22)/t13-/m0/s1. The molecule has 1 aliphatic heterocycles. The second-order valence-electron chi connectivity index (χ2n) is 5.98. The van der Waals surface area contributed by atoms with Gasteiger partial charge in [-0.05, 0) is 25.0 Å². The van der Waals surface area contributed by atoms with Crippen LogP contribution < -0.4 is 5.32 Å². The van der Waals surface area contributed by atoms with E-state index >= 15 is 0 Å². The van der Waals surface area contributed by atoms with E-state index in [4.69, 9.17) is 0 Å². The smallest absolute Gasteiger partial charge is 0.243 e. The van der Waals surface area contributed by atoms with Crippen LogP contribution in [-0.2, 0) is 14.8 Å². The summed E-state index contributed by atoms with van der Waals surface area (Å²) in [6, 6.07) is 8.30. The number of piperidine rings is 1. The quantitative estimate of drug-likeness (QED) is 0.417. The topological polar surface area (TPSA) is 92.3 Å². The number of sulfonamides is 1. The Labute approximate surface area is 166 Å². The van der Waals surface area contributed by atoms with Crippen LogP contribution >= 0.6 is 23.1 Å². The first kappa shape index (κ1) is 20.0. The van der Waals surface area contributed by atoms with E-state index in [0.717, 1.165) is 10.1 Å². The van der Waals surface area contributed by atoms with E-state index in [0.29, 0.717) is 24.5 Å². The minimum Gasteiger partial charge on any atom is -0.300 e. The summed E-state index contributed by atoms with van der Waals surface area (Å²) in [5, 5.41) is 11.2. The Morgan fingerprint density at radius 3 is 2.89 bits per heavy atom. The fraction of sp³-hybridized carbons (Fsp3) is 0.353. The van der Waals surface area contributed by atoms with Crippen LogP contribution in [0.2, 0.25) is 0 Å². The average Bonchev–Trinajstić information content (AvgIpc) is 3.14. The van der Waals surface area contributed by atoms with Gasteiger partial charge in [-0.2, -0.15) is 4.31 Å². The van der Waals surface area contributed by atoms with E-state index in [1.54, 1.807) is 36.4 Å². The molecule has 3 rings (SSSR count). The molecule has 2 aromatic rings. The van der Waals surface area contributed by atoms with Crippen LogP contribution in [0.5, 0.6) is 0 Å². The first-order valence-electron chi connectivity index (χ1n) is 8.44. The highest BCUT2D eigenvalue weighted by atomic mass is 32.2. The van der Waals surface area contributed by atoms with Crippen LogP contribution in [0.15, 0.2) is 52.2 Å². The monoisotopic (exact) mass is 424 g/mol. The zero-order chi connectivity index (χ0) is 19.3. The SMILES string of the molecule is C=CCSc1nnc(NC(=O)[C@H]2CCCN(S(=O)(=O)c3ccccc3)C2)s1. The Hall–Kier alpha value is -1.75. The lowest BCUT2D eigenvalue weighted by atomic mass is 9.99. The molecule has 1 aliphatic rings. The summed E-state index contributed by atoms with van der Waals surface area (Å²) < 4.78 is 27.7. The molecule has 0 spiro atoms. The second kappa shape index (κ2) is 8.96. The molecular weight excluding hydrogens is 404 g/mol. The van der Waals surface area contributed by atoms with E-state index < -0.39 is 15.9 Å². The average molecular weight is 425 g/mol. The van der Waals surface area contributed by atoms with Gasteiger partial charge in [0.05, 0.1) is 10.8 Å². The number of anilines is 1. The third-order valence-corrected chi connectivity index (χ3v) is 7.94. The summed E-state index contributed by atoms with van der Waals surface area (Å²) >= 11 is 2.79. The minimum absolute atomic E-state index is 0.167. The van der Waals surface area contributed by atoms with Gasteiger partial charge in [0.1, 0.15) is 0 Å². The Morgan fingerprint density at radius 2 is 2.15 bits per heavy atom. The number of carbonyl (C=O) groups excluding carboxylic acids is 1. The maximum absolute atomic E-state index is 12.8. The van der Waals surface area contributed by atoms with Gasteiger partial charge in [0, 0.05) is 18.8 Å². The third kappa shape index (κ3) is 4.95. The summed E-state index contributed by atoms with van der Waals surface area (Å²) in [6.07, 6.45) is 3.05. The van der Waals surface area contributed by atoms with Crippen molar-refractivity contribution < 1.29 is 13.2 Å². The van der Waals surface area contributed by atoms with Gasteiger partial charge >= 0.3 is 0 Å². The number of amides is 1. The van der Waals surface area contributed by atoms with Crippen molar-refractivity contribution in [3.8, 4) is 0 Å². The molecule has 1 aromatic heterocycles. The first-order chi connectivity index (χ1) is 13.0. The van der Waals surface area contributed by atoms with Crippen LogP contribution in [0.25, 0.3) is 0 Å². The van der Waals surface area contributed by atoms with Crippen molar-refractivity contribution in [2.24, 2.45) is 5.92 Å². The molecular formula is C17H20N4O3S3. The molecule has 0 saturated carbocycles. The van der Waals surface area contributed by atoms with E-state index in [-0.39, 0.29) is 17.3 Å². The van der Waals surface area contributed by atoms with Crippen LogP contribution in [0.3, 0.4) is 0 Å². The maximum atomic E-state index is 12.8. The third-order valence-electron chi connectivity index (χ3n) is 4.10. The molecule has 2 heterocycles. The normalized spacial score (nSPS) is 18.1. The highest BCUT2D eigenvalue weighted by molar-refractivity contribution is 8.01. The molecule has 1 fully saturated rings. The molecule has 10 heteroatoms. The molecule has 144 valence electrons. The fourth-order valence-electron chi connectivity index (χ4n) is 2.77. The molecule has 1 atom stereocenters. The lowest BCUT2D eigenvalue weighted by Gasteiger charge is -2.31. The molecule has 0 radical (unpaired) electrons. The van der Waals surface area contributed by atoms with Gasteiger partial charge in [0.25, 0.3) is 0 Å². The van der Waals surface area contributed by atoms with Crippen LogP contribution in [0.1, 0.15) is 12.8 Å². The number of nitrogens with zero attached hydrogens (tertiary/aromatic N) is 3. The van der Waals surface area contributed by atoms with Gasteiger partial charge in [-0.15, -0.1) is 16.8 Å². The molecule has 7 nitrogen and oxygen atoms in total. The molecule has 1 saturated heterocycles. The van der Waals surface area contributed by atoms with Gasteiger partial charge in [0.2, 0.25) is 21.1 Å². The molecule has 27 heavy (non-hydrogen) atoms. The van der Waals surface area contributed by atoms with E-state index in [2.05, 4.69) is 22.1 Å². The lowest BCUT2D eigenvalue weighted by Crippen LogP contribution is -2.43. The van der Waals surface area contributed by atoms with Gasteiger partial charge in [-0.3, -0.25) is 4.79 Å². The number of rotatable bonds is 7.